The van der Waals surface area contributed by atoms with Crippen LogP contribution < -0.4 is 10.5 Å². The quantitative estimate of drug-likeness (QED) is 0.239. The predicted molar refractivity (Wildman–Crippen MR) is 190 cm³/mol. The molecule has 6 rings (SSSR count). The maximum Gasteiger partial charge on any atom is 0.267 e. The van der Waals surface area contributed by atoms with Gasteiger partial charge in [-0.15, -0.1) is 11.3 Å². The molecule has 0 unspecified atom stereocenters. The first kappa shape index (κ1) is 33.3. The molecule has 5 heterocycles. The van der Waals surface area contributed by atoms with E-state index < -0.39 is 20.3 Å². The van der Waals surface area contributed by atoms with E-state index in [1.807, 2.05) is 38.1 Å². The van der Waals surface area contributed by atoms with Crippen LogP contribution in [0.5, 0.6) is 0 Å². The van der Waals surface area contributed by atoms with Gasteiger partial charge >= 0.3 is 0 Å². The zero-order valence-electron chi connectivity index (χ0n) is 28.6. The first-order chi connectivity index (χ1) is 21.9. The molecule has 0 saturated carbocycles. The van der Waals surface area contributed by atoms with Crippen LogP contribution in [0.15, 0.2) is 47.5 Å². The molecule has 1 saturated heterocycles. The fourth-order valence-corrected chi connectivity index (χ4v) is 9.82. The highest BCUT2D eigenvalue weighted by Crippen LogP contribution is 2.46. The molecule has 4 aromatic rings. The van der Waals surface area contributed by atoms with Gasteiger partial charge in [-0.3, -0.25) is 9.78 Å². The monoisotopic (exact) mass is 672 g/mol. The highest BCUT2D eigenvalue weighted by Gasteiger charge is 2.50. The lowest BCUT2D eigenvalue weighted by Gasteiger charge is -2.38. The first-order valence-corrected chi connectivity index (χ1v) is 18.5. The zero-order chi connectivity index (χ0) is 34.1. The molecule has 248 valence electrons. The highest BCUT2D eigenvalue weighted by atomic mass is 32.2. The molecule has 47 heavy (non-hydrogen) atoms. The van der Waals surface area contributed by atoms with Crippen molar-refractivity contribution in [3.63, 3.8) is 0 Å². The Morgan fingerprint density at radius 2 is 1.83 bits per heavy atom. The highest BCUT2D eigenvalue weighted by molar-refractivity contribution is 7.90. The number of sulfonamides is 1. The molecule has 2 aliphatic heterocycles. The van der Waals surface area contributed by atoms with Gasteiger partial charge in [-0.25, -0.2) is 13.1 Å². The van der Waals surface area contributed by atoms with Crippen LogP contribution in [0.2, 0.25) is 0 Å². The van der Waals surface area contributed by atoms with Crippen LogP contribution in [-0.2, 0) is 28.4 Å². The minimum absolute atomic E-state index is 0.0156. The summed E-state index contributed by atoms with van der Waals surface area (Å²) in [6.07, 6.45) is 6.04. The van der Waals surface area contributed by atoms with E-state index in [4.69, 9.17) is 0 Å². The summed E-state index contributed by atoms with van der Waals surface area (Å²) in [7, 11) is -3.54. The number of benzene rings is 1. The maximum absolute atomic E-state index is 13.7. The second-order valence-corrected chi connectivity index (χ2v) is 19.3. The average molecular weight is 673 g/mol. The Bertz CT molecular complexity index is 2080. The summed E-state index contributed by atoms with van der Waals surface area (Å²) in [5.41, 5.74) is 5.59. The molecule has 1 aromatic carbocycles. The number of nitriles is 1. The van der Waals surface area contributed by atoms with Crippen molar-refractivity contribution in [1.29, 1.82) is 5.26 Å². The van der Waals surface area contributed by atoms with Gasteiger partial charge < -0.3 is 4.90 Å². The van der Waals surface area contributed by atoms with E-state index in [-0.39, 0.29) is 17.0 Å². The van der Waals surface area contributed by atoms with Crippen LogP contribution >= 0.6 is 11.3 Å². The smallest absolute Gasteiger partial charge is 0.267 e. The fourth-order valence-electron chi connectivity index (χ4n) is 6.94. The molecule has 2 aliphatic rings. The SMILES string of the molecule is CC(C)(C)c1cnn(Cc2cc3nccc(-c4cc(C#N)cc5c4N([C@@H]4CN(S(=O)(=O)C(C)(C)C)C(C)(C)C4)CCC5)c3s2)c(=O)c1. The summed E-state index contributed by atoms with van der Waals surface area (Å²) in [5.74, 6) is 0. The van der Waals surface area contributed by atoms with E-state index in [2.05, 4.69) is 41.8 Å². The summed E-state index contributed by atoms with van der Waals surface area (Å²) >= 11 is 1.58. The molecule has 3 aromatic heterocycles. The molecule has 1 fully saturated rings. The third kappa shape index (κ3) is 6.00. The van der Waals surface area contributed by atoms with Crippen molar-refractivity contribution in [2.45, 2.75) is 103 Å². The molecule has 0 N–H and O–H groups in total. The number of hydrogen-bond donors (Lipinski definition) is 0. The van der Waals surface area contributed by atoms with Crippen LogP contribution in [0.1, 0.15) is 89.8 Å². The normalized spacial score (nSPS) is 18.8. The van der Waals surface area contributed by atoms with Gasteiger partial charge in [0.15, 0.2) is 0 Å². The van der Waals surface area contributed by atoms with E-state index >= 15 is 0 Å². The van der Waals surface area contributed by atoms with Gasteiger partial charge in [-0.05, 0) is 94.7 Å². The molecule has 0 amide bonds. The Morgan fingerprint density at radius 3 is 2.49 bits per heavy atom. The summed E-state index contributed by atoms with van der Waals surface area (Å²) in [4.78, 5) is 21.0. The molecule has 11 heteroatoms. The summed E-state index contributed by atoms with van der Waals surface area (Å²) in [6.45, 7) is 17.1. The molecule has 0 aliphatic carbocycles. The second kappa shape index (κ2) is 11.5. The summed E-state index contributed by atoms with van der Waals surface area (Å²) in [5, 5.41) is 14.5. The Labute approximate surface area is 281 Å². The number of aryl methyl sites for hydroxylation is 1. The van der Waals surface area contributed by atoms with Crippen molar-refractivity contribution in [3.8, 4) is 17.2 Å². The Morgan fingerprint density at radius 1 is 1.09 bits per heavy atom. The molecular formula is C36H44N6O3S2. The molecule has 0 spiro atoms. The zero-order valence-corrected chi connectivity index (χ0v) is 30.2. The van der Waals surface area contributed by atoms with E-state index in [1.165, 1.54) is 4.68 Å². The number of thiophene rings is 1. The maximum atomic E-state index is 13.7. The number of nitrogens with zero attached hydrogens (tertiary/aromatic N) is 6. The lowest BCUT2D eigenvalue weighted by atomic mass is 9.89. The van der Waals surface area contributed by atoms with E-state index in [0.29, 0.717) is 25.1 Å². The van der Waals surface area contributed by atoms with Gasteiger partial charge in [0.05, 0.1) is 39.3 Å². The minimum Gasteiger partial charge on any atom is -0.366 e. The number of hydrogen-bond acceptors (Lipinski definition) is 8. The van der Waals surface area contributed by atoms with Gasteiger partial charge in [0.25, 0.3) is 5.56 Å². The molecular weight excluding hydrogens is 629 g/mol. The number of rotatable bonds is 5. The Hall–Kier alpha value is -3.59. The van der Waals surface area contributed by atoms with Crippen LogP contribution in [0.25, 0.3) is 21.3 Å². The molecule has 0 bridgehead atoms. The third-order valence-electron chi connectivity index (χ3n) is 9.54. The standard InChI is InChI=1S/C36H44N6O3S2/c1-34(2,3)25-16-31(43)41(39-20-25)22-27-17-30-33(46-27)28(11-12-38-30)29-15-23(19-37)14-24-10-9-13-40(32(24)29)26-18-36(7,8)42(21-26)47(44,45)35(4,5)6/h11-12,14-17,20,26H,9-10,13,18,21-22H2,1-8H3/t26-/m0/s1. The summed E-state index contributed by atoms with van der Waals surface area (Å²) < 4.78 is 30.7. The van der Waals surface area contributed by atoms with Crippen molar-refractivity contribution in [2.24, 2.45) is 0 Å². The predicted octanol–water partition coefficient (Wildman–Crippen LogP) is 6.47. The Kier molecular flexibility index (Phi) is 8.17. The third-order valence-corrected chi connectivity index (χ3v) is 13.4. The molecule has 1 atom stereocenters. The number of pyridine rings is 1. The number of anilines is 1. The van der Waals surface area contributed by atoms with Gasteiger partial charge in [-0.1, -0.05) is 20.8 Å². The fraction of sp³-hybridized carbons (Fsp3) is 0.500. The van der Waals surface area contributed by atoms with Crippen molar-refractivity contribution >= 4 is 37.3 Å². The second-order valence-electron chi connectivity index (χ2n) is 15.5. The van der Waals surface area contributed by atoms with Crippen LogP contribution in [0.4, 0.5) is 5.69 Å². The van der Waals surface area contributed by atoms with Gasteiger partial charge in [0.1, 0.15) is 0 Å². The summed E-state index contributed by atoms with van der Waals surface area (Å²) in [6, 6.07) is 12.0. The van der Waals surface area contributed by atoms with Crippen LogP contribution in [-0.4, -0.2) is 56.9 Å². The minimum atomic E-state index is -3.54. The van der Waals surface area contributed by atoms with Gasteiger partial charge in [0, 0.05) is 58.6 Å². The van der Waals surface area contributed by atoms with Crippen LogP contribution in [0, 0.1) is 11.3 Å². The van der Waals surface area contributed by atoms with E-state index in [9.17, 15) is 18.5 Å². The molecule has 0 radical (unpaired) electrons. The molecule has 9 nitrogen and oxygen atoms in total. The first-order valence-electron chi connectivity index (χ1n) is 16.2. The van der Waals surface area contributed by atoms with Crippen molar-refractivity contribution in [2.75, 3.05) is 18.0 Å². The van der Waals surface area contributed by atoms with E-state index in [1.54, 1.807) is 54.9 Å². The Balaban J connectivity index is 1.43. The lowest BCUT2D eigenvalue weighted by molar-refractivity contribution is 0.284. The van der Waals surface area contributed by atoms with E-state index in [0.717, 1.165) is 62.4 Å². The van der Waals surface area contributed by atoms with Crippen molar-refractivity contribution in [1.82, 2.24) is 19.1 Å². The topological polar surface area (TPSA) is 112 Å². The van der Waals surface area contributed by atoms with Gasteiger partial charge in [0.2, 0.25) is 10.0 Å². The van der Waals surface area contributed by atoms with Gasteiger partial charge in [-0.2, -0.15) is 14.7 Å². The largest absolute Gasteiger partial charge is 0.366 e. The van der Waals surface area contributed by atoms with Crippen LogP contribution in [0.3, 0.4) is 0 Å². The average Bonchev–Trinajstić information content (AvgIpc) is 3.55. The number of fused-ring (bicyclic) bond motifs is 2. The lowest BCUT2D eigenvalue weighted by Crippen LogP contribution is -2.50. The van der Waals surface area contributed by atoms with Crippen molar-refractivity contribution in [3.05, 3.63) is 74.6 Å². The number of aromatic nitrogens is 3. The van der Waals surface area contributed by atoms with Crippen molar-refractivity contribution < 1.29 is 8.42 Å².